The van der Waals surface area contributed by atoms with Gasteiger partial charge >= 0.3 is 0 Å². The number of aromatic nitrogens is 1. The van der Waals surface area contributed by atoms with Crippen LogP contribution in [0.25, 0.3) is 16.8 Å². The fraction of sp³-hybridized carbons (Fsp3) is 0.189. The summed E-state index contributed by atoms with van der Waals surface area (Å²) in [7, 11) is 4.07. The van der Waals surface area contributed by atoms with Crippen LogP contribution in [-0.4, -0.2) is 58.0 Å². The van der Waals surface area contributed by atoms with Crippen LogP contribution in [0.2, 0.25) is 5.02 Å². The van der Waals surface area contributed by atoms with Crippen LogP contribution in [0.4, 0.5) is 5.69 Å². The van der Waals surface area contributed by atoms with Gasteiger partial charge in [0.2, 0.25) is 0 Å². The number of anilines is 1. The van der Waals surface area contributed by atoms with Gasteiger partial charge in [-0.2, -0.15) is 0 Å². The minimum atomic E-state index is -0.253. The zero-order valence-corrected chi connectivity index (χ0v) is 26.3. The van der Waals surface area contributed by atoms with E-state index in [-0.39, 0.29) is 23.6 Å². The second-order valence-corrected chi connectivity index (χ2v) is 12.2. The molecule has 6 rings (SSSR count). The van der Waals surface area contributed by atoms with Gasteiger partial charge in [-0.25, -0.2) is 0 Å². The number of nitrogens with one attached hydrogen (secondary N) is 1. The number of aryl methyl sites for hydroxylation is 1. The zero-order chi connectivity index (χ0) is 31.7. The highest BCUT2D eigenvalue weighted by atomic mass is 35.5. The van der Waals surface area contributed by atoms with Crippen LogP contribution in [-0.2, 0) is 13.0 Å². The van der Waals surface area contributed by atoms with Crippen molar-refractivity contribution in [3.8, 4) is 22.6 Å². The van der Waals surface area contributed by atoms with Crippen LogP contribution in [0.15, 0.2) is 103 Å². The van der Waals surface area contributed by atoms with E-state index in [1.807, 2.05) is 79.0 Å². The molecule has 0 bridgehead atoms. The topological polar surface area (TPSA) is 77.8 Å². The Morgan fingerprint density at radius 1 is 0.933 bits per heavy atom. The summed E-state index contributed by atoms with van der Waals surface area (Å²) in [5.41, 5.74) is 7.49. The van der Waals surface area contributed by atoms with Gasteiger partial charge in [0.1, 0.15) is 5.75 Å². The Morgan fingerprint density at radius 3 is 2.44 bits per heavy atom. The van der Waals surface area contributed by atoms with E-state index in [2.05, 4.69) is 28.4 Å². The molecule has 228 valence electrons. The summed E-state index contributed by atoms with van der Waals surface area (Å²) in [4.78, 5) is 31.5. The number of nitrogens with zero attached hydrogens (tertiary/aromatic N) is 3. The number of fused-ring (bicyclic) bond motifs is 1. The van der Waals surface area contributed by atoms with E-state index in [1.54, 1.807) is 24.4 Å². The highest BCUT2D eigenvalue weighted by Crippen LogP contribution is 2.33. The molecule has 1 aliphatic rings. The largest absolute Gasteiger partial charge is 0.508 e. The van der Waals surface area contributed by atoms with Gasteiger partial charge in [-0.15, -0.1) is 0 Å². The number of hydrogen-bond acceptors (Lipinski definition) is 4. The van der Waals surface area contributed by atoms with Gasteiger partial charge in [0.15, 0.2) is 0 Å². The number of likely N-dealkylation sites (N-methyl/N-ethyl adjacent to an activating group) is 1. The molecule has 0 saturated carbocycles. The van der Waals surface area contributed by atoms with E-state index < -0.39 is 0 Å². The van der Waals surface area contributed by atoms with E-state index in [0.717, 1.165) is 35.5 Å². The molecular weight excluding hydrogens is 584 g/mol. The Bertz CT molecular complexity index is 1880. The van der Waals surface area contributed by atoms with Crippen molar-refractivity contribution in [3.05, 3.63) is 136 Å². The number of aromatic hydroxyl groups is 1. The normalized spacial score (nSPS) is 14.3. The quantitative estimate of drug-likeness (QED) is 0.189. The molecule has 0 fully saturated rings. The standard InChI is InChI=1S/C37H35ClN4O3/c1-24-17-28(36(44)39-30-12-14-33(43)15-13-30)22-41(24)31-10-6-9-26(19-31)35-20-29(38)11-16-34(35)37(45)42-21-27-8-5-4-7-25(27)18-32(42)23-40(2)3/h4-17,19-20,22,32,43H,18,21,23H2,1-3H3,(H,39,44)/t32-/m0/s1. The zero-order valence-electron chi connectivity index (χ0n) is 25.5. The molecule has 1 atom stereocenters. The van der Waals surface area contributed by atoms with Gasteiger partial charge in [-0.3, -0.25) is 9.59 Å². The van der Waals surface area contributed by atoms with E-state index in [4.69, 9.17) is 11.6 Å². The summed E-state index contributed by atoms with van der Waals surface area (Å²) in [5.74, 6) is -0.148. The molecule has 4 aromatic carbocycles. The van der Waals surface area contributed by atoms with Gasteiger partial charge in [0.25, 0.3) is 11.8 Å². The van der Waals surface area contributed by atoms with E-state index >= 15 is 0 Å². The molecule has 2 amide bonds. The number of phenols is 1. The number of amides is 2. The van der Waals surface area contributed by atoms with Gasteiger partial charge in [-0.1, -0.05) is 48.0 Å². The van der Waals surface area contributed by atoms with Crippen molar-refractivity contribution in [1.29, 1.82) is 0 Å². The molecule has 0 aliphatic carbocycles. The number of halogens is 1. The van der Waals surface area contributed by atoms with Crippen LogP contribution in [0.3, 0.4) is 0 Å². The summed E-state index contributed by atoms with van der Waals surface area (Å²) in [5, 5.41) is 13.0. The van der Waals surface area contributed by atoms with Crippen LogP contribution < -0.4 is 5.32 Å². The van der Waals surface area contributed by atoms with Crippen molar-refractivity contribution in [1.82, 2.24) is 14.4 Å². The summed E-state index contributed by atoms with van der Waals surface area (Å²) >= 11 is 6.52. The van der Waals surface area contributed by atoms with Gasteiger partial charge in [-0.05, 0) is 110 Å². The van der Waals surface area contributed by atoms with Crippen LogP contribution >= 0.6 is 11.6 Å². The molecule has 2 heterocycles. The average Bonchev–Trinajstić information content (AvgIpc) is 3.43. The maximum absolute atomic E-state index is 14.4. The van der Waals surface area contributed by atoms with E-state index in [9.17, 15) is 14.7 Å². The minimum absolute atomic E-state index is 0.0289. The van der Waals surface area contributed by atoms with Gasteiger partial charge in [0, 0.05) is 53.0 Å². The monoisotopic (exact) mass is 618 g/mol. The summed E-state index contributed by atoms with van der Waals surface area (Å²) in [6.45, 7) is 3.25. The highest BCUT2D eigenvalue weighted by Gasteiger charge is 2.32. The molecule has 8 heteroatoms. The third-order valence-corrected chi connectivity index (χ3v) is 8.47. The molecular formula is C37H35ClN4O3. The average molecular weight is 619 g/mol. The number of rotatable bonds is 7. The Hall–Kier alpha value is -4.85. The second-order valence-electron chi connectivity index (χ2n) is 11.8. The lowest BCUT2D eigenvalue weighted by molar-refractivity contribution is 0.0607. The number of phenolic OH excluding ortho intramolecular Hbond substituents is 1. The van der Waals surface area contributed by atoms with Gasteiger partial charge in [0.05, 0.1) is 5.56 Å². The molecule has 2 N–H and O–H groups in total. The third-order valence-electron chi connectivity index (χ3n) is 8.24. The Labute approximate surface area is 268 Å². The van der Waals surface area contributed by atoms with E-state index in [1.165, 1.54) is 23.3 Å². The fourth-order valence-corrected chi connectivity index (χ4v) is 6.22. The lowest BCUT2D eigenvalue weighted by atomic mass is 9.91. The number of benzene rings is 4. The van der Waals surface area contributed by atoms with Crippen molar-refractivity contribution in [2.45, 2.75) is 25.9 Å². The van der Waals surface area contributed by atoms with Crippen LogP contribution in [0.5, 0.6) is 5.75 Å². The summed E-state index contributed by atoms with van der Waals surface area (Å²) in [6, 6.07) is 29.9. The van der Waals surface area contributed by atoms with Crippen LogP contribution in [0, 0.1) is 6.92 Å². The van der Waals surface area contributed by atoms with Gasteiger partial charge < -0.3 is 24.8 Å². The van der Waals surface area contributed by atoms with E-state index in [0.29, 0.717) is 28.4 Å². The molecule has 0 radical (unpaired) electrons. The maximum Gasteiger partial charge on any atom is 0.257 e. The van der Waals surface area contributed by atoms with Crippen LogP contribution in [0.1, 0.15) is 37.5 Å². The second kappa shape index (κ2) is 12.6. The SMILES string of the molecule is Cc1cc(C(=O)Nc2ccc(O)cc2)cn1-c1cccc(-c2cc(Cl)ccc2C(=O)N2Cc3ccccc3C[C@H]2CN(C)C)c1. The third kappa shape index (κ3) is 6.50. The minimum Gasteiger partial charge on any atom is -0.508 e. The molecule has 5 aromatic rings. The highest BCUT2D eigenvalue weighted by molar-refractivity contribution is 6.31. The first-order chi connectivity index (χ1) is 21.7. The molecule has 7 nitrogen and oxygen atoms in total. The molecule has 0 unspecified atom stereocenters. The molecule has 0 spiro atoms. The number of hydrogen-bond donors (Lipinski definition) is 2. The van der Waals surface area contributed by atoms with Crippen molar-refractivity contribution in [2.24, 2.45) is 0 Å². The predicted octanol–water partition coefficient (Wildman–Crippen LogP) is 7.19. The molecule has 0 saturated heterocycles. The fourth-order valence-electron chi connectivity index (χ4n) is 6.05. The number of carbonyl (C=O) groups excluding carboxylic acids is 2. The Balaban J connectivity index is 1.32. The van der Waals surface area contributed by atoms with Crippen molar-refractivity contribution in [2.75, 3.05) is 26.0 Å². The maximum atomic E-state index is 14.4. The smallest absolute Gasteiger partial charge is 0.257 e. The Kier molecular flexibility index (Phi) is 8.48. The van der Waals surface area contributed by atoms with Crippen molar-refractivity contribution >= 4 is 29.1 Å². The first-order valence-corrected chi connectivity index (χ1v) is 15.3. The first kappa shape index (κ1) is 30.2. The lowest BCUT2D eigenvalue weighted by Gasteiger charge is -2.38. The predicted molar refractivity (Wildman–Crippen MR) is 179 cm³/mol. The summed E-state index contributed by atoms with van der Waals surface area (Å²) in [6.07, 6.45) is 2.60. The molecule has 45 heavy (non-hydrogen) atoms. The number of carbonyl (C=O) groups is 2. The molecule has 1 aliphatic heterocycles. The summed E-state index contributed by atoms with van der Waals surface area (Å²) < 4.78 is 1.95. The molecule has 1 aromatic heterocycles. The lowest BCUT2D eigenvalue weighted by Crippen LogP contribution is -2.49. The van der Waals surface area contributed by atoms with Crippen molar-refractivity contribution in [3.63, 3.8) is 0 Å². The first-order valence-electron chi connectivity index (χ1n) is 14.9. The Morgan fingerprint density at radius 2 is 1.69 bits per heavy atom. The van der Waals surface area contributed by atoms with Crippen molar-refractivity contribution < 1.29 is 14.7 Å².